The molecule has 0 unspecified atom stereocenters. The van der Waals surface area contributed by atoms with Gasteiger partial charge in [0, 0.05) is 22.9 Å². The summed E-state index contributed by atoms with van der Waals surface area (Å²) in [5, 5.41) is 5.41. The number of nitrogens with zero attached hydrogens (tertiary/aromatic N) is 1. The van der Waals surface area contributed by atoms with Crippen LogP contribution in [0.25, 0.3) is 10.8 Å². The van der Waals surface area contributed by atoms with Crippen molar-refractivity contribution < 1.29 is 8.81 Å². The van der Waals surface area contributed by atoms with Crippen molar-refractivity contribution in [3.8, 4) is 0 Å². The number of rotatable bonds is 4. The molecule has 0 atom stereocenters. The Balaban J connectivity index is 1.65. The molecule has 4 heteroatoms. The quantitative estimate of drug-likeness (QED) is 0.798. The molecule has 1 aliphatic heterocycles. The van der Waals surface area contributed by atoms with Gasteiger partial charge in [0.25, 0.3) is 0 Å². The summed E-state index contributed by atoms with van der Waals surface area (Å²) in [6, 6.07) is 11.3. The lowest BCUT2D eigenvalue weighted by Crippen LogP contribution is -2.21. The fourth-order valence-electron chi connectivity index (χ4n) is 3.15. The highest BCUT2D eigenvalue weighted by molar-refractivity contribution is 6.01. The van der Waals surface area contributed by atoms with Crippen LogP contribution in [0, 0.1) is 5.82 Å². The van der Waals surface area contributed by atoms with Gasteiger partial charge in [-0.2, -0.15) is 0 Å². The molecule has 23 heavy (non-hydrogen) atoms. The zero-order valence-corrected chi connectivity index (χ0v) is 12.7. The number of halogens is 1. The van der Waals surface area contributed by atoms with E-state index in [0.717, 1.165) is 47.2 Å². The van der Waals surface area contributed by atoms with Crippen molar-refractivity contribution in [3.05, 3.63) is 71.4 Å². The van der Waals surface area contributed by atoms with Crippen LogP contribution in [-0.2, 0) is 12.8 Å². The number of nitrogens with one attached hydrogen (secondary N) is 1. The van der Waals surface area contributed by atoms with Gasteiger partial charge in [0.1, 0.15) is 11.7 Å². The van der Waals surface area contributed by atoms with Gasteiger partial charge in [-0.05, 0) is 30.0 Å². The van der Waals surface area contributed by atoms with Crippen molar-refractivity contribution in [2.75, 3.05) is 13.1 Å². The molecule has 1 aromatic heterocycles. The number of fused-ring (bicyclic) bond motifs is 1. The first-order chi connectivity index (χ1) is 11.3. The molecule has 0 saturated heterocycles. The molecule has 2 heterocycles. The molecule has 0 saturated carbocycles. The number of hydrogen-bond donors (Lipinski definition) is 1. The molecule has 3 nitrogen and oxygen atoms in total. The second-order valence-corrected chi connectivity index (χ2v) is 5.71. The van der Waals surface area contributed by atoms with Gasteiger partial charge in [-0.15, -0.1) is 0 Å². The Kier molecular flexibility index (Phi) is 3.58. The Hall–Kier alpha value is -2.62. The molecule has 0 spiro atoms. The highest BCUT2D eigenvalue weighted by Crippen LogP contribution is 2.23. The van der Waals surface area contributed by atoms with E-state index in [-0.39, 0.29) is 5.82 Å². The van der Waals surface area contributed by atoms with Crippen LogP contribution >= 0.6 is 0 Å². The topological polar surface area (TPSA) is 37.5 Å². The molecular weight excluding hydrogens is 291 g/mol. The molecule has 0 amide bonds. The Bertz CT molecular complexity index is 882. The van der Waals surface area contributed by atoms with Crippen LogP contribution in [-0.4, -0.2) is 18.9 Å². The van der Waals surface area contributed by atoms with Crippen LogP contribution in [0.1, 0.15) is 16.7 Å². The second-order valence-electron chi connectivity index (χ2n) is 5.71. The number of aliphatic imine (C=N–C) groups is 1. The van der Waals surface area contributed by atoms with Gasteiger partial charge in [-0.3, -0.25) is 4.99 Å². The van der Waals surface area contributed by atoms with Crippen molar-refractivity contribution in [3.63, 3.8) is 0 Å². The Morgan fingerprint density at radius 3 is 2.87 bits per heavy atom. The van der Waals surface area contributed by atoms with Crippen LogP contribution in [0.15, 0.2) is 58.3 Å². The van der Waals surface area contributed by atoms with Crippen LogP contribution in [0.5, 0.6) is 0 Å². The van der Waals surface area contributed by atoms with E-state index in [2.05, 4.69) is 16.4 Å². The summed E-state index contributed by atoms with van der Waals surface area (Å²) in [5.74, 6) is 0.638. The van der Waals surface area contributed by atoms with Crippen LogP contribution < -0.4 is 5.32 Å². The predicted octanol–water partition coefficient (Wildman–Crippen LogP) is 3.71. The molecule has 116 valence electrons. The minimum atomic E-state index is -0.168. The van der Waals surface area contributed by atoms with E-state index in [9.17, 15) is 4.39 Å². The predicted molar refractivity (Wildman–Crippen MR) is 89.4 cm³/mol. The molecular formula is C19H17FN2O. The van der Waals surface area contributed by atoms with Gasteiger partial charge < -0.3 is 9.73 Å². The molecule has 1 N–H and O–H groups in total. The minimum Gasteiger partial charge on any atom is -0.471 e. The second kappa shape index (κ2) is 5.88. The van der Waals surface area contributed by atoms with Crippen molar-refractivity contribution in [1.29, 1.82) is 0 Å². The number of furan rings is 1. The fourth-order valence-corrected chi connectivity index (χ4v) is 3.15. The molecule has 3 aromatic rings. The summed E-state index contributed by atoms with van der Waals surface area (Å²) < 4.78 is 19.6. The van der Waals surface area contributed by atoms with E-state index in [1.54, 1.807) is 18.6 Å². The Labute approximate surface area is 133 Å². The minimum absolute atomic E-state index is 0.168. The maximum absolute atomic E-state index is 14.4. The molecule has 1 aliphatic rings. The fraction of sp³-hybridized carbons (Fsp3) is 0.211. The van der Waals surface area contributed by atoms with E-state index in [4.69, 9.17) is 4.42 Å². The summed E-state index contributed by atoms with van der Waals surface area (Å²) in [6.45, 7) is 1.57. The van der Waals surface area contributed by atoms with E-state index >= 15 is 0 Å². The summed E-state index contributed by atoms with van der Waals surface area (Å²) >= 11 is 0. The largest absolute Gasteiger partial charge is 0.471 e. The first kappa shape index (κ1) is 14.0. The molecule has 0 bridgehead atoms. The number of aryl methyl sites for hydroxylation is 1. The van der Waals surface area contributed by atoms with Crippen molar-refractivity contribution >= 4 is 16.6 Å². The Morgan fingerprint density at radius 1 is 1.09 bits per heavy atom. The van der Waals surface area contributed by atoms with Gasteiger partial charge in [0.15, 0.2) is 0 Å². The lowest BCUT2D eigenvalue weighted by molar-refractivity contribution is 0.572. The molecule has 4 rings (SSSR count). The SMILES string of the molecule is Fc1cccc(C2=NCCN2)c1CCc1cccc2cocc12. The summed E-state index contributed by atoms with van der Waals surface area (Å²) in [7, 11) is 0. The van der Waals surface area contributed by atoms with E-state index in [1.165, 1.54) is 11.6 Å². The lowest BCUT2D eigenvalue weighted by Gasteiger charge is -2.11. The third kappa shape index (κ3) is 2.61. The number of hydrogen-bond acceptors (Lipinski definition) is 3. The average Bonchev–Trinajstić information content (AvgIpc) is 3.25. The van der Waals surface area contributed by atoms with Gasteiger partial charge in [-0.1, -0.05) is 30.3 Å². The smallest absolute Gasteiger partial charge is 0.128 e. The van der Waals surface area contributed by atoms with Crippen molar-refractivity contribution in [1.82, 2.24) is 5.32 Å². The van der Waals surface area contributed by atoms with E-state index < -0.39 is 0 Å². The molecule has 0 radical (unpaired) electrons. The third-order valence-corrected chi connectivity index (χ3v) is 4.30. The highest BCUT2D eigenvalue weighted by atomic mass is 19.1. The van der Waals surface area contributed by atoms with Crippen LogP contribution in [0.2, 0.25) is 0 Å². The maximum Gasteiger partial charge on any atom is 0.128 e. The number of benzene rings is 2. The van der Waals surface area contributed by atoms with Crippen molar-refractivity contribution in [2.45, 2.75) is 12.8 Å². The molecule has 2 aromatic carbocycles. The van der Waals surface area contributed by atoms with Gasteiger partial charge in [-0.25, -0.2) is 4.39 Å². The monoisotopic (exact) mass is 308 g/mol. The average molecular weight is 308 g/mol. The molecule has 0 fully saturated rings. The normalized spacial score (nSPS) is 14.0. The maximum atomic E-state index is 14.4. The summed E-state index contributed by atoms with van der Waals surface area (Å²) in [6.07, 6.45) is 4.89. The van der Waals surface area contributed by atoms with E-state index in [1.807, 2.05) is 18.2 Å². The number of amidine groups is 1. The molecule has 0 aliphatic carbocycles. The summed E-state index contributed by atoms with van der Waals surface area (Å²) in [4.78, 5) is 4.43. The summed E-state index contributed by atoms with van der Waals surface area (Å²) in [5.41, 5.74) is 2.77. The third-order valence-electron chi connectivity index (χ3n) is 4.30. The van der Waals surface area contributed by atoms with Gasteiger partial charge in [0.2, 0.25) is 0 Å². The van der Waals surface area contributed by atoms with Crippen LogP contribution in [0.4, 0.5) is 4.39 Å². The van der Waals surface area contributed by atoms with E-state index in [0.29, 0.717) is 6.42 Å². The zero-order valence-electron chi connectivity index (χ0n) is 12.7. The Morgan fingerprint density at radius 2 is 2.00 bits per heavy atom. The van der Waals surface area contributed by atoms with Gasteiger partial charge >= 0.3 is 0 Å². The first-order valence-corrected chi connectivity index (χ1v) is 7.83. The standard InChI is InChI=1S/C19H17FN2O/c20-18-6-2-5-16(19-21-9-10-22-19)15(18)8-7-13-3-1-4-14-11-23-12-17(13)14/h1-6,11-12H,7-10H2,(H,21,22). The van der Waals surface area contributed by atoms with Gasteiger partial charge in [0.05, 0.1) is 19.1 Å². The zero-order chi connectivity index (χ0) is 15.6. The highest BCUT2D eigenvalue weighted by Gasteiger charge is 2.16. The lowest BCUT2D eigenvalue weighted by atomic mass is 9.97. The van der Waals surface area contributed by atoms with Crippen molar-refractivity contribution in [2.24, 2.45) is 4.99 Å². The van der Waals surface area contributed by atoms with Crippen LogP contribution in [0.3, 0.4) is 0 Å². The first-order valence-electron chi connectivity index (χ1n) is 7.83.